The average Bonchev–Trinajstić information content (AvgIpc) is 2.98. The van der Waals surface area contributed by atoms with E-state index in [9.17, 15) is 39.0 Å². The average molecular weight is 622 g/mol. The van der Waals surface area contributed by atoms with Crippen LogP contribution in [0.5, 0.6) is 5.75 Å². The van der Waals surface area contributed by atoms with Gasteiger partial charge in [-0.2, -0.15) is 0 Å². The fourth-order valence-corrected chi connectivity index (χ4v) is 4.98. The highest BCUT2D eigenvalue weighted by Gasteiger charge is 2.29. The van der Waals surface area contributed by atoms with Gasteiger partial charge in [-0.15, -0.1) is 0 Å². The molecule has 1 aliphatic rings. The van der Waals surface area contributed by atoms with Crippen LogP contribution < -0.4 is 27.0 Å². The molecule has 0 aliphatic heterocycles. The molecule has 1 aromatic rings. The predicted octanol–water partition coefficient (Wildman–Crippen LogP) is 0.542. The number of unbranched alkanes of at least 4 members (excludes halogenated alkanes) is 1. The van der Waals surface area contributed by atoms with E-state index in [1.54, 1.807) is 12.1 Å². The van der Waals surface area contributed by atoms with Gasteiger partial charge in [-0.05, 0) is 81.5 Å². The summed E-state index contributed by atoms with van der Waals surface area (Å²) in [6.07, 6.45) is 3.00. The van der Waals surface area contributed by atoms with Crippen LogP contribution in [0.15, 0.2) is 24.3 Å². The fraction of sp³-hybridized carbons (Fsp3) is 0.586. The van der Waals surface area contributed by atoms with Crippen LogP contribution in [0, 0.1) is 11.8 Å². The van der Waals surface area contributed by atoms with Crippen LogP contribution in [0.3, 0.4) is 0 Å². The number of hydrogen-bond acceptors (Lipinski definition) is 8. The van der Waals surface area contributed by atoms with Crippen molar-refractivity contribution in [1.82, 2.24) is 21.3 Å². The smallest absolute Gasteiger partial charge is 0.326 e. The molecular formula is C29H43N5O10. The number of phenolic OH excluding ortho intramolecular Hbond substituents is 1. The molecule has 0 saturated heterocycles. The zero-order chi connectivity index (χ0) is 32.6. The lowest BCUT2D eigenvalue weighted by atomic mass is 9.81. The Morgan fingerprint density at radius 1 is 0.795 bits per heavy atom. The number of benzene rings is 1. The monoisotopic (exact) mass is 621 g/mol. The molecule has 0 spiro atoms. The molecule has 1 aliphatic carbocycles. The van der Waals surface area contributed by atoms with Crippen molar-refractivity contribution in [2.24, 2.45) is 17.6 Å². The summed E-state index contributed by atoms with van der Waals surface area (Å²) < 4.78 is 0. The normalized spacial score (nSPS) is 18.2. The zero-order valence-electron chi connectivity index (χ0n) is 24.5. The first-order chi connectivity index (χ1) is 20.9. The highest BCUT2D eigenvalue weighted by molar-refractivity contribution is 5.89. The number of nitrogens with two attached hydrogens (primary N) is 1. The summed E-state index contributed by atoms with van der Waals surface area (Å²) in [6, 6.07) is 1.51. The second kappa shape index (κ2) is 18.3. The third-order valence-electron chi connectivity index (χ3n) is 7.63. The van der Waals surface area contributed by atoms with E-state index >= 15 is 0 Å². The number of amides is 4. The van der Waals surface area contributed by atoms with E-state index in [0.717, 1.165) is 18.4 Å². The number of carboxylic acid groups (broad SMARTS) is 3. The molecule has 44 heavy (non-hydrogen) atoms. The maximum absolute atomic E-state index is 13.1. The van der Waals surface area contributed by atoms with Crippen molar-refractivity contribution < 1.29 is 49.2 Å². The number of rotatable bonds is 18. The molecule has 4 amide bonds. The molecule has 0 aromatic heterocycles. The second-order valence-corrected chi connectivity index (χ2v) is 11.0. The van der Waals surface area contributed by atoms with Crippen LogP contribution in [0.25, 0.3) is 0 Å². The van der Waals surface area contributed by atoms with Crippen molar-refractivity contribution in [2.75, 3.05) is 13.1 Å². The molecule has 10 N–H and O–H groups in total. The van der Waals surface area contributed by atoms with Gasteiger partial charge < -0.3 is 47.4 Å². The SMILES string of the molecule is NCC1CCC(C(=O)N[C@@H](Cc2ccc(O)cc2)C(=O)NCCCC[C@H](NC(=O)N[C@@H](CCC(=O)O)C(=O)O)C(=O)O)CC1. The van der Waals surface area contributed by atoms with Gasteiger partial charge in [0.15, 0.2) is 0 Å². The standard InChI is InChI=1S/C29H43N5O10/c30-16-18-4-8-19(9-5-18)25(38)32-23(15-17-6-10-20(35)11-7-17)26(39)31-14-2-1-3-21(27(40)41)33-29(44)34-22(28(42)43)12-13-24(36)37/h6-7,10-11,18-19,21-23,35H,1-5,8-9,12-16,30H2,(H,31,39)(H,32,38)(H,36,37)(H,40,41)(H,42,43)(H2,33,34,44)/t18?,19?,21-,22-,23-/m0/s1. The van der Waals surface area contributed by atoms with Crippen molar-refractivity contribution >= 4 is 35.8 Å². The van der Waals surface area contributed by atoms with E-state index < -0.39 is 54.4 Å². The summed E-state index contributed by atoms with van der Waals surface area (Å²) in [5, 5.41) is 46.8. The van der Waals surface area contributed by atoms with Gasteiger partial charge in [-0.3, -0.25) is 14.4 Å². The van der Waals surface area contributed by atoms with Crippen LogP contribution in [0.2, 0.25) is 0 Å². The van der Waals surface area contributed by atoms with Gasteiger partial charge in [-0.25, -0.2) is 14.4 Å². The summed E-state index contributed by atoms with van der Waals surface area (Å²) >= 11 is 0. The number of phenols is 1. The number of nitrogens with one attached hydrogen (secondary N) is 4. The van der Waals surface area contributed by atoms with Crippen LogP contribution >= 0.6 is 0 Å². The Kier molecular flexibility index (Phi) is 14.9. The van der Waals surface area contributed by atoms with E-state index in [2.05, 4.69) is 21.3 Å². The minimum absolute atomic E-state index is 0.0232. The molecule has 1 saturated carbocycles. The Labute approximate surface area is 255 Å². The lowest BCUT2D eigenvalue weighted by Gasteiger charge is -2.28. The Balaban J connectivity index is 1.88. The largest absolute Gasteiger partial charge is 0.508 e. The Morgan fingerprint density at radius 2 is 1.39 bits per heavy atom. The lowest BCUT2D eigenvalue weighted by molar-refractivity contribution is -0.141. The number of aromatic hydroxyl groups is 1. The number of urea groups is 1. The molecule has 0 heterocycles. The summed E-state index contributed by atoms with van der Waals surface area (Å²) in [5.74, 6) is -4.42. The van der Waals surface area contributed by atoms with E-state index in [-0.39, 0.29) is 49.8 Å². The first-order valence-corrected chi connectivity index (χ1v) is 14.7. The lowest BCUT2D eigenvalue weighted by Crippen LogP contribution is -2.51. The van der Waals surface area contributed by atoms with Crippen LogP contribution in [-0.2, 0) is 30.4 Å². The Bertz CT molecular complexity index is 1140. The van der Waals surface area contributed by atoms with E-state index in [1.807, 2.05) is 0 Å². The summed E-state index contributed by atoms with van der Waals surface area (Å²) in [5.41, 5.74) is 6.48. The summed E-state index contributed by atoms with van der Waals surface area (Å²) in [7, 11) is 0. The van der Waals surface area contributed by atoms with Gasteiger partial charge in [0.2, 0.25) is 11.8 Å². The van der Waals surface area contributed by atoms with Gasteiger partial charge in [0.1, 0.15) is 23.9 Å². The molecule has 2 rings (SSSR count). The first-order valence-electron chi connectivity index (χ1n) is 14.7. The molecular weight excluding hydrogens is 578 g/mol. The van der Waals surface area contributed by atoms with Crippen molar-refractivity contribution in [3.8, 4) is 5.75 Å². The number of carboxylic acids is 3. The Morgan fingerprint density at radius 3 is 1.93 bits per heavy atom. The minimum Gasteiger partial charge on any atom is -0.508 e. The topological polar surface area (TPSA) is 257 Å². The van der Waals surface area contributed by atoms with Crippen LogP contribution in [0.4, 0.5) is 4.79 Å². The van der Waals surface area contributed by atoms with E-state index in [0.29, 0.717) is 31.7 Å². The molecule has 1 aromatic carbocycles. The van der Waals surface area contributed by atoms with Crippen LogP contribution in [-0.4, -0.2) is 87.4 Å². The fourth-order valence-electron chi connectivity index (χ4n) is 4.98. The van der Waals surface area contributed by atoms with Crippen molar-refractivity contribution in [2.45, 2.75) is 82.3 Å². The van der Waals surface area contributed by atoms with Gasteiger partial charge in [0.25, 0.3) is 0 Å². The maximum Gasteiger partial charge on any atom is 0.326 e. The van der Waals surface area contributed by atoms with Gasteiger partial charge in [0, 0.05) is 25.3 Å². The van der Waals surface area contributed by atoms with Gasteiger partial charge in [0.05, 0.1) is 0 Å². The molecule has 0 bridgehead atoms. The quantitative estimate of drug-likeness (QED) is 0.102. The number of hydrogen-bond donors (Lipinski definition) is 9. The van der Waals surface area contributed by atoms with Crippen molar-refractivity contribution in [3.63, 3.8) is 0 Å². The number of carbonyl (C=O) groups is 6. The third-order valence-corrected chi connectivity index (χ3v) is 7.63. The van der Waals surface area contributed by atoms with E-state index in [4.69, 9.17) is 15.9 Å². The minimum atomic E-state index is -1.51. The number of carbonyl (C=O) groups excluding carboxylic acids is 3. The Hall–Kier alpha value is -4.40. The first kappa shape index (κ1) is 35.8. The molecule has 0 unspecified atom stereocenters. The molecule has 3 atom stereocenters. The highest BCUT2D eigenvalue weighted by Crippen LogP contribution is 2.28. The molecule has 244 valence electrons. The third kappa shape index (κ3) is 12.9. The van der Waals surface area contributed by atoms with Crippen molar-refractivity contribution in [1.29, 1.82) is 0 Å². The molecule has 15 heteroatoms. The predicted molar refractivity (Wildman–Crippen MR) is 156 cm³/mol. The van der Waals surface area contributed by atoms with Crippen LogP contribution in [0.1, 0.15) is 63.4 Å². The maximum atomic E-state index is 13.1. The van der Waals surface area contributed by atoms with Gasteiger partial charge in [-0.1, -0.05) is 12.1 Å². The second-order valence-electron chi connectivity index (χ2n) is 11.0. The summed E-state index contributed by atoms with van der Waals surface area (Å²) in [6.45, 7) is 0.744. The molecule has 1 fully saturated rings. The van der Waals surface area contributed by atoms with Gasteiger partial charge >= 0.3 is 23.9 Å². The van der Waals surface area contributed by atoms with Crippen molar-refractivity contribution in [3.05, 3.63) is 29.8 Å². The van der Waals surface area contributed by atoms with E-state index in [1.165, 1.54) is 12.1 Å². The molecule has 0 radical (unpaired) electrons. The summed E-state index contributed by atoms with van der Waals surface area (Å²) in [4.78, 5) is 71.9. The molecule has 15 nitrogen and oxygen atoms in total. The highest BCUT2D eigenvalue weighted by atomic mass is 16.4. The number of aliphatic carboxylic acids is 3. The zero-order valence-corrected chi connectivity index (χ0v) is 24.5.